The minimum absolute atomic E-state index is 0.00940. The van der Waals surface area contributed by atoms with E-state index in [9.17, 15) is 9.59 Å². The maximum Gasteiger partial charge on any atom is 0.306 e. The van der Waals surface area contributed by atoms with Gasteiger partial charge in [0.2, 0.25) is 0 Å². The summed E-state index contributed by atoms with van der Waals surface area (Å²) in [4.78, 5) is 24.0. The predicted molar refractivity (Wildman–Crippen MR) is 153 cm³/mol. The molecule has 0 radical (unpaired) electrons. The van der Waals surface area contributed by atoms with Crippen molar-refractivity contribution in [3.8, 4) is 0 Å². The molecule has 36 heavy (non-hydrogen) atoms. The monoisotopic (exact) mass is 510 g/mol. The van der Waals surface area contributed by atoms with Gasteiger partial charge in [-0.2, -0.15) is 0 Å². The fourth-order valence-corrected chi connectivity index (χ4v) is 4.82. The summed E-state index contributed by atoms with van der Waals surface area (Å²) in [7, 11) is 0. The van der Waals surface area contributed by atoms with Crippen LogP contribution in [0.15, 0.2) is 0 Å². The molecule has 1 atom stereocenters. The van der Waals surface area contributed by atoms with Gasteiger partial charge in [-0.3, -0.25) is 9.59 Å². The highest BCUT2D eigenvalue weighted by Gasteiger charge is 2.15. The Morgan fingerprint density at radius 1 is 0.528 bits per heavy atom. The standard InChI is InChI=1S/C32H62O4/c1-5-9-10-11-12-13-14-15-16-17-18-19-20-21-22-28-35-31(33)24-23-25-32(34)36-30(8-4)27-26-29(6-2)7-3/h29-30H,5-28H2,1-4H3. The van der Waals surface area contributed by atoms with Gasteiger partial charge in [-0.25, -0.2) is 0 Å². The first-order valence-electron chi connectivity index (χ1n) is 15.9. The molecule has 0 aromatic carbocycles. The van der Waals surface area contributed by atoms with Crippen molar-refractivity contribution >= 4 is 11.9 Å². The second-order valence-corrected chi connectivity index (χ2v) is 10.8. The molecule has 0 aromatic heterocycles. The van der Waals surface area contributed by atoms with Crippen LogP contribution in [0.2, 0.25) is 0 Å². The van der Waals surface area contributed by atoms with E-state index in [0.29, 0.717) is 25.9 Å². The molecule has 0 heterocycles. The normalized spacial score (nSPS) is 12.1. The van der Waals surface area contributed by atoms with E-state index in [1.165, 1.54) is 96.3 Å². The topological polar surface area (TPSA) is 52.6 Å². The van der Waals surface area contributed by atoms with Crippen molar-refractivity contribution in [1.82, 2.24) is 0 Å². The van der Waals surface area contributed by atoms with E-state index in [4.69, 9.17) is 9.47 Å². The first-order valence-corrected chi connectivity index (χ1v) is 15.9. The summed E-state index contributed by atoms with van der Waals surface area (Å²) in [5.41, 5.74) is 0. The number of hydrogen-bond acceptors (Lipinski definition) is 4. The lowest BCUT2D eigenvalue weighted by Crippen LogP contribution is -2.19. The van der Waals surface area contributed by atoms with Gasteiger partial charge in [-0.05, 0) is 38.0 Å². The van der Waals surface area contributed by atoms with Crippen molar-refractivity contribution < 1.29 is 19.1 Å². The zero-order valence-electron chi connectivity index (χ0n) is 24.8. The van der Waals surface area contributed by atoms with Crippen LogP contribution in [0.5, 0.6) is 0 Å². The van der Waals surface area contributed by atoms with Crippen molar-refractivity contribution in [2.75, 3.05) is 6.61 Å². The van der Waals surface area contributed by atoms with Crippen LogP contribution in [0, 0.1) is 5.92 Å². The number of unbranched alkanes of at least 4 members (excludes halogenated alkanes) is 14. The van der Waals surface area contributed by atoms with Gasteiger partial charge in [-0.1, -0.05) is 130 Å². The van der Waals surface area contributed by atoms with Gasteiger partial charge in [0.25, 0.3) is 0 Å². The average molecular weight is 511 g/mol. The Labute approximate surface area is 225 Å². The molecule has 0 aliphatic rings. The van der Waals surface area contributed by atoms with E-state index < -0.39 is 0 Å². The van der Waals surface area contributed by atoms with E-state index in [1.807, 2.05) is 0 Å². The molecular formula is C32H62O4. The second kappa shape index (κ2) is 27.0. The summed E-state index contributed by atoms with van der Waals surface area (Å²) in [5, 5.41) is 0. The first-order chi connectivity index (χ1) is 17.6. The number of ether oxygens (including phenoxy) is 2. The molecule has 4 nitrogen and oxygen atoms in total. The summed E-state index contributed by atoms with van der Waals surface area (Å²) < 4.78 is 11.0. The van der Waals surface area contributed by atoms with Crippen LogP contribution in [-0.4, -0.2) is 24.6 Å². The Bertz CT molecular complexity index is 487. The molecule has 0 spiro atoms. The SMILES string of the molecule is CCCCCCCCCCCCCCCCCOC(=O)CCCC(=O)OC(CC)CCC(CC)CC. The molecule has 0 fully saturated rings. The lowest BCUT2D eigenvalue weighted by molar-refractivity contribution is -0.150. The number of rotatable bonds is 27. The van der Waals surface area contributed by atoms with Gasteiger partial charge in [0.05, 0.1) is 6.61 Å². The van der Waals surface area contributed by atoms with Crippen LogP contribution in [0.1, 0.15) is 175 Å². The van der Waals surface area contributed by atoms with Gasteiger partial charge in [0, 0.05) is 12.8 Å². The van der Waals surface area contributed by atoms with Crippen LogP contribution < -0.4 is 0 Å². The van der Waals surface area contributed by atoms with Crippen LogP contribution in [0.25, 0.3) is 0 Å². The molecule has 0 amide bonds. The van der Waals surface area contributed by atoms with Crippen molar-refractivity contribution in [2.45, 2.75) is 181 Å². The molecule has 0 aromatic rings. The summed E-state index contributed by atoms with van der Waals surface area (Å²) in [6.07, 6.45) is 26.3. The third kappa shape index (κ3) is 23.3. The van der Waals surface area contributed by atoms with Gasteiger partial charge >= 0.3 is 11.9 Å². The highest BCUT2D eigenvalue weighted by atomic mass is 16.5. The highest BCUT2D eigenvalue weighted by molar-refractivity contribution is 5.72. The Balaban J connectivity index is 3.49. The van der Waals surface area contributed by atoms with E-state index in [2.05, 4.69) is 27.7 Å². The summed E-state index contributed by atoms with van der Waals surface area (Å²) in [6.45, 7) is 9.30. The number of carbonyl (C=O) groups excluding carboxylic acids is 2. The summed E-state index contributed by atoms with van der Waals surface area (Å²) in [5.74, 6) is 0.354. The van der Waals surface area contributed by atoms with Crippen molar-refractivity contribution in [3.05, 3.63) is 0 Å². The molecule has 0 N–H and O–H groups in total. The first kappa shape index (κ1) is 34.9. The molecule has 0 bridgehead atoms. The maximum absolute atomic E-state index is 12.1. The largest absolute Gasteiger partial charge is 0.466 e. The zero-order valence-corrected chi connectivity index (χ0v) is 24.8. The number of hydrogen-bond donors (Lipinski definition) is 0. The van der Waals surface area contributed by atoms with Gasteiger partial charge in [0.1, 0.15) is 6.10 Å². The number of esters is 2. The minimum atomic E-state index is -0.186. The van der Waals surface area contributed by atoms with Crippen molar-refractivity contribution in [1.29, 1.82) is 0 Å². The molecule has 214 valence electrons. The van der Waals surface area contributed by atoms with E-state index in [0.717, 1.165) is 38.0 Å². The third-order valence-electron chi connectivity index (χ3n) is 7.58. The number of carbonyl (C=O) groups is 2. The van der Waals surface area contributed by atoms with Crippen LogP contribution in [-0.2, 0) is 19.1 Å². The fraction of sp³-hybridized carbons (Fsp3) is 0.938. The smallest absolute Gasteiger partial charge is 0.306 e. The van der Waals surface area contributed by atoms with Crippen LogP contribution >= 0.6 is 0 Å². The Hall–Kier alpha value is -1.06. The molecule has 0 aliphatic heterocycles. The molecular weight excluding hydrogens is 448 g/mol. The Morgan fingerprint density at radius 2 is 1.00 bits per heavy atom. The predicted octanol–water partition coefficient (Wildman–Crippen LogP) is 10.1. The Kier molecular flexibility index (Phi) is 26.2. The van der Waals surface area contributed by atoms with Crippen molar-refractivity contribution in [2.24, 2.45) is 5.92 Å². The van der Waals surface area contributed by atoms with E-state index >= 15 is 0 Å². The second-order valence-electron chi connectivity index (χ2n) is 10.8. The zero-order chi connectivity index (χ0) is 26.7. The van der Waals surface area contributed by atoms with E-state index in [-0.39, 0.29) is 18.0 Å². The van der Waals surface area contributed by atoms with Crippen LogP contribution in [0.4, 0.5) is 0 Å². The summed E-state index contributed by atoms with van der Waals surface area (Å²) >= 11 is 0. The lowest BCUT2D eigenvalue weighted by atomic mass is 9.95. The van der Waals surface area contributed by atoms with Gasteiger partial charge < -0.3 is 9.47 Å². The summed E-state index contributed by atoms with van der Waals surface area (Å²) in [6, 6.07) is 0. The lowest BCUT2D eigenvalue weighted by Gasteiger charge is -2.19. The minimum Gasteiger partial charge on any atom is -0.466 e. The molecule has 0 saturated carbocycles. The molecule has 1 unspecified atom stereocenters. The molecule has 0 saturated heterocycles. The van der Waals surface area contributed by atoms with Crippen LogP contribution in [0.3, 0.4) is 0 Å². The molecule has 0 aliphatic carbocycles. The van der Waals surface area contributed by atoms with Gasteiger partial charge in [0.15, 0.2) is 0 Å². The van der Waals surface area contributed by atoms with E-state index in [1.54, 1.807) is 0 Å². The molecule has 0 rings (SSSR count). The quantitative estimate of drug-likeness (QED) is 0.0814. The fourth-order valence-electron chi connectivity index (χ4n) is 4.82. The maximum atomic E-state index is 12.1. The van der Waals surface area contributed by atoms with Crippen molar-refractivity contribution in [3.63, 3.8) is 0 Å². The van der Waals surface area contributed by atoms with Gasteiger partial charge in [-0.15, -0.1) is 0 Å². The highest BCUT2D eigenvalue weighted by Crippen LogP contribution is 2.19. The average Bonchev–Trinajstić information content (AvgIpc) is 2.88. The third-order valence-corrected chi connectivity index (χ3v) is 7.58. The Morgan fingerprint density at radius 3 is 1.47 bits per heavy atom. The molecule has 4 heteroatoms.